The molecule has 0 radical (unpaired) electrons. The fraction of sp³-hybridized carbons (Fsp3) is 0.345. The van der Waals surface area contributed by atoms with Crippen molar-refractivity contribution in [3.8, 4) is 0 Å². The van der Waals surface area contributed by atoms with Gasteiger partial charge in [0.15, 0.2) is 9.84 Å². The van der Waals surface area contributed by atoms with Crippen LogP contribution < -0.4 is 0 Å². The van der Waals surface area contributed by atoms with Crippen LogP contribution in [0.3, 0.4) is 0 Å². The van der Waals surface area contributed by atoms with Crippen LogP contribution in [-0.2, 0) is 26.7 Å². The van der Waals surface area contributed by atoms with Crippen LogP contribution in [0.2, 0.25) is 0 Å². The van der Waals surface area contributed by atoms with Gasteiger partial charge in [-0.3, -0.25) is 4.79 Å². The van der Waals surface area contributed by atoms with Crippen LogP contribution in [-0.4, -0.2) is 44.2 Å². The van der Waals surface area contributed by atoms with Gasteiger partial charge >= 0.3 is 18.0 Å². The summed E-state index contributed by atoms with van der Waals surface area (Å²) in [5, 5.41) is 0. The average Bonchev–Trinajstić information content (AvgIpc) is 3.24. The highest BCUT2D eigenvalue weighted by Crippen LogP contribution is 2.56. The number of hydrogen-bond donors (Lipinski definition) is 0. The van der Waals surface area contributed by atoms with Crippen molar-refractivity contribution in [3.05, 3.63) is 101 Å². The Hall–Kier alpha value is -3.48. The lowest BCUT2D eigenvalue weighted by Crippen LogP contribution is -2.51. The number of alkyl halides is 7. The van der Waals surface area contributed by atoms with Crippen molar-refractivity contribution < 1.29 is 48.3 Å². The van der Waals surface area contributed by atoms with Crippen LogP contribution in [0.25, 0.3) is 0 Å². The van der Waals surface area contributed by atoms with Crippen molar-refractivity contribution in [1.29, 1.82) is 0 Å². The molecule has 1 aliphatic carbocycles. The van der Waals surface area contributed by atoms with E-state index < -0.39 is 55.9 Å². The molecule has 3 aromatic carbocycles. The molecule has 3 aromatic rings. The standard InChI is InChI=1S/C29H23F8NO3S/c30-21-10-12-22(13-11-21)42(40,41)26-15-16-38(25(39)18-5-2-1-3-6-18)24(26)8-4-7-19-17-20(9-14-23(19)26)27(31,28(32,33)34)29(35,36)37/h1-3,5-6,9-14,17,24H,4,7-8,15-16H2/t24-,26-/m0/s1. The van der Waals surface area contributed by atoms with Crippen LogP contribution >= 0.6 is 0 Å². The minimum absolute atomic E-state index is 0.0301. The van der Waals surface area contributed by atoms with Crippen LogP contribution in [0.1, 0.15) is 46.3 Å². The molecule has 0 bridgehead atoms. The van der Waals surface area contributed by atoms with Crippen LogP contribution in [0.15, 0.2) is 77.7 Å². The third kappa shape index (κ3) is 4.38. The van der Waals surface area contributed by atoms with E-state index in [1.165, 1.54) is 17.0 Å². The number of benzene rings is 3. The van der Waals surface area contributed by atoms with Crippen molar-refractivity contribution in [2.75, 3.05) is 6.54 Å². The zero-order valence-electron chi connectivity index (χ0n) is 21.6. The van der Waals surface area contributed by atoms with Crippen molar-refractivity contribution in [2.45, 2.75) is 59.4 Å². The third-order valence-electron chi connectivity index (χ3n) is 8.19. The van der Waals surface area contributed by atoms with Crippen LogP contribution in [0.4, 0.5) is 35.1 Å². The number of aryl methyl sites for hydroxylation is 1. The zero-order valence-corrected chi connectivity index (χ0v) is 22.5. The van der Waals surface area contributed by atoms with Gasteiger partial charge in [0, 0.05) is 17.7 Å². The second kappa shape index (κ2) is 10.1. The summed E-state index contributed by atoms with van der Waals surface area (Å²) in [5.41, 5.74) is -7.48. The maximum absolute atomic E-state index is 15.0. The summed E-state index contributed by atoms with van der Waals surface area (Å²) in [6.45, 7) is -0.0990. The average molecular weight is 618 g/mol. The van der Waals surface area contributed by atoms with Gasteiger partial charge in [-0.25, -0.2) is 17.2 Å². The topological polar surface area (TPSA) is 54.5 Å². The summed E-state index contributed by atoms with van der Waals surface area (Å²) in [5.74, 6) is -1.24. The van der Waals surface area contributed by atoms with E-state index in [1.54, 1.807) is 18.2 Å². The number of carbonyl (C=O) groups is 1. The number of amides is 1. The van der Waals surface area contributed by atoms with Crippen LogP contribution in [0, 0.1) is 5.82 Å². The molecule has 13 heteroatoms. The summed E-state index contributed by atoms with van der Waals surface area (Å²) in [7, 11) is -4.57. The van der Waals surface area contributed by atoms with E-state index in [-0.39, 0.29) is 53.8 Å². The lowest BCUT2D eigenvalue weighted by Gasteiger charge is -2.38. The van der Waals surface area contributed by atoms with E-state index in [0.717, 1.165) is 30.3 Å². The first-order valence-electron chi connectivity index (χ1n) is 12.9. The molecule has 0 N–H and O–H groups in total. The molecule has 42 heavy (non-hydrogen) atoms. The smallest absolute Gasteiger partial charge is 0.334 e. The Bertz CT molecular complexity index is 1590. The summed E-state index contributed by atoms with van der Waals surface area (Å²) in [6.07, 6.45) is -13.0. The number of fused-ring (bicyclic) bond motifs is 3. The largest absolute Gasteiger partial charge is 0.435 e. The predicted molar refractivity (Wildman–Crippen MR) is 135 cm³/mol. The number of carbonyl (C=O) groups excluding carboxylic acids is 1. The fourth-order valence-corrected chi connectivity index (χ4v) is 8.60. The Morgan fingerprint density at radius 2 is 1.48 bits per heavy atom. The van der Waals surface area contributed by atoms with Gasteiger partial charge in [0.1, 0.15) is 10.6 Å². The van der Waals surface area contributed by atoms with E-state index in [2.05, 4.69) is 0 Å². The Balaban J connectivity index is 1.74. The molecule has 1 heterocycles. The number of likely N-dealkylation sites (tertiary alicyclic amines) is 1. The molecule has 4 nitrogen and oxygen atoms in total. The van der Waals surface area contributed by atoms with E-state index in [4.69, 9.17) is 0 Å². The number of halogens is 8. The Labute approximate surface area is 235 Å². The van der Waals surface area contributed by atoms with Gasteiger partial charge in [0.25, 0.3) is 5.91 Å². The quantitative estimate of drug-likeness (QED) is 0.233. The van der Waals surface area contributed by atoms with E-state index in [1.807, 2.05) is 0 Å². The predicted octanol–water partition coefficient (Wildman–Crippen LogP) is 7.04. The van der Waals surface area contributed by atoms with Crippen LogP contribution in [0.5, 0.6) is 0 Å². The molecule has 2 atom stereocenters. The fourth-order valence-electron chi connectivity index (χ4n) is 6.24. The molecular formula is C29H23F8NO3S. The number of sulfone groups is 1. The molecule has 0 unspecified atom stereocenters. The Morgan fingerprint density at radius 3 is 2.07 bits per heavy atom. The second-order valence-corrected chi connectivity index (χ2v) is 12.6. The van der Waals surface area contributed by atoms with E-state index in [0.29, 0.717) is 12.1 Å². The maximum Gasteiger partial charge on any atom is 0.435 e. The highest BCUT2D eigenvalue weighted by molar-refractivity contribution is 7.92. The van der Waals surface area contributed by atoms with Crippen molar-refractivity contribution >= 4 is 15.7 Å². The molecule has 0 aromatic heterocycles. The van der Waals surface area contributed by atoms with Gasteiger partial charge in [-0.05, 0) is 73.2 Å². The van der Waals surface area contributed by atoms with E-state index in [9.17, 15) is 43.9 Å². The summed E-state index contributed by atoms with van der Waals surface area (Å²) < 4.78 is 137. The third-order valence-corrected chi connectivity index (χ3v) is 10.7. The van der Waals surface area contributed by atoms with Gasteiger partial charge in [-0.2, -0.15) is 26.3 Å². The molecule has 1 fully saturated rings. The lowest BCUT2D eigenvalue weighted by molar-refractivity contribution is -0.348. The monoisotopic (exact) mass is 617 g/mol. The number of hydrogen-bond acceptors (Lipinski definition) is 3. The van der Waals surface area contributed by atoms with E-state index >= 15 is 4.39 Å². The minimum atomic E-state index is -6.35. The molecule has 0 spiro atoms. The summed E-state index contributed by atoms with van der Waals surface area (Å²) in [4.78, 5) is 14.6. The Morgan fingerprint density at radius 1 is 0.857 bits per heavy atom. The first-order valence-corrected chi connectivity index (χ1v) is 14.4. The molecule has 5 rings (SSSR count). The summed E-state index contributed by atoms with van der Waals surface area (Å²) in [6, 6.07) is 12.3. The molecule has 224 valence electrons. The number of nitrogens with zero attached hydrogens (tertiary/aromatic N) is 1. The summed E-state index contributed by atoms with van der Waals surface area (Å²) >= 11 is 0. The second-order valence-electron chi connectivity index (χ2n) is 10.4. The van der Waals surface area contributed by atoms with Gasteiger partial charge < -0.3 is 4.90 Å². The number of rotatable bonds is 4. The first-order chi connectivity index (χ1) is 19.6. The molecule has 1 saturated heterocycles. The highest BCUT2D eigenvalue weighted by Gasteiger charge is 2.73. The normalized spacial score (nSPS) is 21.4. The molecular weight excluding hydrogens is 594 g/mol. The minimum Gasteiger partial charge on any atom is -0.334 e. The molecule has 1 aliphatic heterocycles. The molecule has 0 saturated carbocycles. The van der Waals surface area contributed by atoms with Gasteiger partial charge in [-0.1, -0.05) is 36.4 Å². The zero-order chi connectivity index (χ0) is 30.7. The van der Waals surface area contributed by atoms with Gasteiger partial charge in [0.2, 0.25) is 0 Å². The highest BCUT2D eigenvalue weighted by atomic mass is 32.2. The molecule has 2 aliphatic rings. The van der Waals surface area contributed by atoms with Crippen molar-refractivity contribution in [3.63, 3.8) is 0 Å². The first kappa shape index (κ1) is 30.0. The Kier molecular flexibility index (Phi) is 7.19. The van der Waals surface area contributed by atoms with Crippen molar-refractivity contribution in [1.82, 2.24) is 4.90 Å². The lowest BCUT2D eigenvalue weighted by atomic mass is 9.84. The van der Waals surface area contributed by atoms with Gasteiger partial charge in [0.05, 0.1) is 10.9 Å². The van der Waals surface area contributed by atoms with Gasteiger partial charge in [-0.15, -0.1) is 0 Å². The SMILES string of the molecule is O=C(c1ccccc1)N1CC[C@]2(S(=O)(=O)c3ccc(F)cc3)c3ccc(C(F)(C(F)(F)F)C(F)(F)F)cc3CCC[C@H]12. The maximum atomic E-state index is 15.0. The van der Waals surface area contributed by atoms with Crippen molar-refractivity contribution in [2.24, 2.45) is 0 Å². The molecule has 1 amide bonds.